The van der Waals surface area contributed by atoms with Gasteiger partial charge in [-0.15, -0.1) is 0 Å². The van der Waals surface area contributed by atoms with Crippen molar-refractivity contribution in [2.45, 2.75) is 11.3 Å². The molecule has 1 aliphatic heterocycles. The Morgan fingerprint density at radius 1 is 1.14 bits per heavy atom. The van der Waals surface area contributed by atoms with Gasteiger partial charge >= 0.3 is 0 Å². The van der Waals surface area contributed by atoms with Crippen LogP contribution in [-0.4, -0.2) is 41.6 Å². The highest BCUT2D eigenvalue weighted by atomic mass is 32.2. The maximum absolute atomic E-state index is 13.1. The fourth-order valence-corrected chi connectivity index (χ4v) is 4.36. The van der Waals surface area contributed by atoms with Crippen LogP contribution < -0.4 is 19.1 Å². The first-order valence-electron chi connectivity index (χ1n) is 8.61. The third-order valence-electron chi connectivity index (χ3n) is 4.57. The minimum absolute atomic E-state index is 0.00415. The normalized spacial score (nSPS) is 17.0. The Hall–Kier alpha value is -2.65. The van der Waals surface area contributed by atoms with Crippen molar-refractivity contribution in [2.24, 2.45) is 5.92 Å². The molecular weight excluding hydrogens is 387 g/mol. The Morgan fingerprint density at radius 3 is 2.50 bits per heavy atom. The first-order valence-corrected chi connectivity index (χ1v) is 10.1. The number of carbonyl (C=O) groups is 1. The summed E-state index contributed by atoms with van der Waals surface area (Å²) in [6.45, 7) is 0.452. The molecule has 7 nitrogen and oxygen atoms in total. The number of ether oxygens (including phenoxy) is 2. The number of halogens is 1. The highest BCUT2D eigenvalue weighted by Crippen LogP contribution is 2.29. The summed E-state index contributed by atoms with van der Waals surface area (Å²) in [5.41, 5.74) is 0.591. The molecule has 0 aliphatic carbocycles. The summed E-state index contributed by atoms with van der Waals surface area (Å²) in [6, 6.07) is 10.1. The Kier molecular flexibility index (Phi) is 5.85. The van der Waals surface area contributed by atoms with Crippen molar-refractivity contribution in [3.05, 3.63) is 48.3 Å². The second-order valence-corrected chi connectivity index (χ2v) is 8.15. The van der Waals surface area contributed by atoms with Gasteiger partial charge in [-0.25, -0.2) is 17.5 Å². The number of amides is 1. The number of sulfonamides is 1. The lowest BCUT2D eigenvalue weighted by Gasteiger charge is -2.17. The van der Waals surface area contributed by atoms with Gasteiger partial charge in [0.25, 0.3) is 0 Å². The SMILES string of the molecule is COc1ccc(S(=O)(=O)NCC2CC(=O)N(c3ccc(F)cc3)C2)c(OC)c1. The molecule has 1 atom stereocenters. The molecule has 9 heteroatoms. The summed E-state index contributed by atoms with van der Waals surface area (Å²) < 4.78 is 51.2. The highest BCUT2D eigenvalue weighted by Gasteiger charge is 2.32. The predicted molar refractivity (Wildman–Crippen MR) is 102 cm³/mol. The largest absolute Gasteiger partial charge is 0.497 e. The van der Waals surface area contributed by atoms with Crippen LogP contribution in [0.25, 0.3) is 0 Å². The first-order chi connectivity index (χ1) is 13.3. The number of benzene rings is 2. The van der Waals surface area contributed by atoms with E-state index in [4.69, 9.17) is 9.47 Å². The van der Waals surface area contributed by atoms with E-state index in [1.54, 1.807) is 0 Å². The van der Waals surface area contributed by atoms with Crippen molar-refractivity contribution in [3.63, 3.8) is 0 Å². The van der Waals surface area contributed by atoms with Gasteiger partial charge in [-0.1, -0.05) is 0 Å². The minimum atomic E-state index is -3.83. The monoisotopic (exact) mass is 408 g/mol. The van der Waals surface area contributed by atoms with E-state index in [1.165, 1.54) is 61.6 Å². The fraction of sp³-hybridized carbons (Fsp3) is 0.316. The van der Waals surface area contributed by atoms with E-state index < -0.39 is 10.0 Å². The summed E-state index contributed by atoms with van der Waals surface area (Å²) >= 11 is 0. The van der Waals surface area contributed by atoms with Gasteiger partial charge in [-0.05, 0) is 42.3 Å². The first kappa shape index (κ1) is 20.1. The van der Waals surface area contributed by atoms with Crippen molar-refractivity contribution < 1.29 is 27.1 Å². The third-order valence-corrected chi connectivity index (χ3v) is 6.03. The number of nitrogens with zero attached hydrogens (tertiary/aromatic N) is 1. The number of hydrogen-bond donors (Lipinski definition) is 1. The van der Waals surface area contributed by atoms with Gasteiger partial charge in [0.2, 0.25) is 15.9 Å². The number of methoxy groups -OCH3 is 2. The summed E-state index contributed by atoms with van der Waals surface area (Å²) in [5, 5.41) is 0. The molecule has 0 radical (unpaired) electrons. The smallest absolute Gasteiger partial charge is 0.244 e. The molecule has 150 valence electrons. The molecule has 0 bridgehead atoms. The van der Waals surface area contributed by atoms with Crippen LogP contribution in [0.3, 0.4) is 0 Å². The topological polar surface area (TPSA) is 84.9 Å². The summed E-state index contributed by atoms with van der Waals surface area (Å²) in [7, 11) is -0.974. The van der Waals surface area contributed by atoms with Crippen molar-refractivity contribution in [1.82, 2.24) is 4.72 Å². The van der Waals surface area contributed by atoms with Crippen molar-refractivity contribution in [3.8, 4) is 11.5 Å². The van der Waals surface area contributed by atoms with Crippen LogP contribution in [-0.2, 0) is 14.8 Å². The van der Waals surface area contributed by atoms with E-state index in [1.807, 2.05) is 0 Å². The zero-order valence-electron chi connectivity index (χ0n) is 15.5. The summed E-state index contributed by atoms with van der Waals surface area (Å²) in [5.74, 6) is -0.0584. The van der Waals surface area contributed by atoms with Crippen molar-refractivity contribution in [1.29, 1.82) is 0 Å². The van der Waals surface area contributed by atoms with Crippen LogP contribution in [0.5, 0.6) is 11.5 Å². The van der Waals surface area contributed by atoms with E-state index in [0.717, 1.165) is 0 Å². The minimum Gasteiger partial charge on any atom is -0.497 e. The molecule has 2 aromatic rings. The maximum atomic E-state index is 13.1. The Labute approximate surface area is 163 Å². The van der Waals surface area contributed by atoms with E-state index in [-0.39, 0.29) is 41.3 Å². The molecule has 1 saturated heterocycles. The van der Waals surface area contributed by atoms with Crippen LogP contribution in [0.2, 0.25) is 0 Å². The average molecular weight is 408 g/mol. The van der Waals surface area contributed by atoms with E-state index in [2.05, 4.69) is 4.72 Å². The quantitative estimate of drug-likeness (QED) is 0.759. The third kappa shape index (κ3) is 4.26. The molecule has 1 amide bonds. The zero-order valence-corrected chi connectivity index (χ0v) is 16.3. The van der Waals surface area contributed by atoms with Crippen LogP contribution in [0, 0.1) is 11.7 Å². The molecule has 2 aromatic carbocycles. The number of anilines is 1. The standard InChI is InChI=1S/C19H21FN2O5S/c1-26-16-7-8-18(17(10-16)27-2)28(24,25)21-11-13-9-19(23)22(12-13)15-5-3-14(20)4-6-15/h3-8,10,13,21H,9,11-12H2,1-2H3. The second kappa shape index (κ2) is 8.15. The number of carbonyl (C=O) groups excluding carboxylic acids is 1. The van der Waals surface area contributed by atoms with Gasteiger partial charge in [-0.2, -0.15) is 0 Å². The van der Waals surface area contributed by atoms with Crippen molar-refractivity contribution >= 4 is 21.6 Å². The predicted octanol–water partition coefficient (Wildman–Crippen LogP) is 2.17. The lowest BCUT2D eigenvalue weighted by molar-refractivity contribution is -0.117. The van der Waals surface area contributed by atoms with Crippen molar-refractivity contribution in [2.75, 3.05) is 32.2 Å². The highest BCUT2D eigenvalue weighted by molar-refractivity contribution is 7.89. The molecule has 28 heavy (non-hydrogen) atoms. The van der Waals surface area contributed by atoms with Gasteiger partial charge in [0.15, 0.2) is 0 Å². The molecule has 0 aromatic heterocycles. The van der Waals surface area contributed by atoms with Gasteiger partial charge in [0, 0.05) is 31.3 Å². The molecule has 0 spiro atoms. The molecule has 1 aliphatic rings. The van der Waals surface area contributed by atoms with Gasteiger partial charge in [-0.3, -0.25) is 4.79 Å². The molecule has 1 unspecified atom stereocenters. The summed E-state index contributed by atoms with van der Waals surface area (Å²) in [6.07, 6.45) is 0.208. The zero-order chi connectivity index (χ0) is 20.3. The maximum Gasteiger partial charge on any atom is 0.244 e. The van der Waals surface area contributed by atoms with E-state index >= 15 is 0 Å². The molecule has 0 saturated carbocycles. The van der Waals surface area contributed by atoms with E-state index in [0.29, 0.717) is 18.0 Å². The van der Waals surface area contributed by atoms with Crippen LogP contribution >= 0.6 is 0 Å². The van der Waals surface area contributed by atoms with E-state index in [9.17, 15) is 17.6 Å². The number of hydrogen-bond acceptors (Lipinski definition) is 5. The Balaban J connectivity index is 1.68. The average Bonchev–Trinajstić information content (AvgIpc) is 3.07. The molecule has 1 heterocycles. The number of rotatable bonds is 7. The Morgan fingerprint density at radius 2 is 1.86 bits per heavy atom. The molecule has 1 fully saturated rings. The van der Waals surface area contributed by atoms with Gasteiger partial charge < -0.3 is 14.4 Å². The van der Waals surface area contributed by atoms with Gasteiger partial charge in [0.1, 0.15) is 22.2 Å². The van der Waals surface area contributed by atoms with Crippen LogP contribution in [0.4, 0.5) is 10.1 Å². The fourth-order valence-electron chi connectivity index (χ4n) is 3.09. The van der Waals surface area contributed by atoms with Gasteiger partial charge in [0.05, 0.1) is 14.2 Å². The summed E-state index contributed by atoms with van der Waals surface area (Å²) in [4.78, 5) is 13.8. The van der Waals surface area contributed by atoms with Crippen LogP contribution in [0.15, 0.2) is 47.4 Å². The molecular formula is C19H21FN2O5S. The number of nitrogens with one attached hydrogen (secondary N) is 1. The lowest BCUT2D eigenvalue weighted by Crippen LogP contribution is -2.31. The second-order valence-electron chi connectivity index (χ2n) is 6.42. The molecule has 1 N–H and O–H groups in total. The van der Waals surface area contributed by atoms with Crippen LogP contribution in [0.1, 0.15) is 6.42 Å². The Bertz CT molecular complexity index is 963. The molecule has 3 rings (SSSR count). The lowest BCUT2D eigenvalue weighted by atomic mass is 10.1.